The molecule has 0 aromatic heterocycles. The minimum absolute atomic E-state index is 0. The molecule has 0 aromatic carbocycles. The van der Waals surface area contributed by atoms with Crippen molar-refractivity contribution >= 4 is 47.8 Å². The van der Waals surface area contributed by atoms with E-state index in [1.165, 1.54) is 0 Å². The molecule has 0 fully saturated rings. The van der Waals surface area contributed by atoms with E-state index in [0.717, 1.165) is 0 Å². The summed E-state index contributed by atoms with van der Waals surface area (Å²) >= 11 is 0. The molecule has 0 rings (SSSR count). The van der Waals surface area contributed by atoms with E-state index in [1.807, 2.05) is 0 Å². The van der Waals surface area contributed by atoms with Crippen LogP contribution < -0.4 is 0 Å². The van der Waals surface area contributed by atoms with Gasteiger partial charge in [0.15, 0.2) is 0 Å². The van der Waals surface area contributed by atoms with E-state index < -0.39 is 0 Å². The monoisotopic (exact) mass is 418 g/mol. The van der Waals surface area contributed by atoms with Crippen LogP contribution in [0, 0.1) is 0 Å². The van der Waals surface area contributed by atoms with Crippen molar-refractivity contribution in [3.8, 4) is 0 Å². The van der Waals surface area contributed by atoms with Crippen LogP contribution in [0.15, 0.2) is 0 Å². The summed E-state index contributed by atoms with van der Waals surface area (Å²) in [6.45, 7) is 0. The third-order valence-corrected chi connectivity index (χ3v) is 0. The summed E-state index contributed by atoms with van der Waals surface area (Å²) in [7, 11) is 0. The number of rotatable bonds is 0. The molecule has 0 aliphatic carbocycles. The fourth-order valence-electron chi connectivity index (χ4n) is 0. The topological polar surface area (TPSA) is 0 Å². The first-order chi connectivity index (χ1) is 0. The second kappa shape index (κ2) is 27.6. The van der Waals surface area contributed by atoms with E-state index in [9.17, 15) is 0 Å². The quantitative estimate of drug-likeness (QED) is 0.407. The van der Waals surface area contributed by atoms with Gasteiger partial charge in [0.1, 0.15) is 0 Å². The molecule has 0 aromatic rings. The molecule has 0 amide bonds. The van der Waals surface area contributed by atoms with Gasteiger partial charge in [-0.05, 0) is 0 Å². The second-order valence-electron chi connectivity index (χ2n) is 0. The summed E-state index contributed by atoms with van der Waals surface area (Å²) in [5.74, 6) is 0. The Labute approximate surface area is 95.7 Å². The van der Waals surface area contributed by atoms with Crippen LogP contribution in [0.1, 0.15) is 0 Å². The van der Waals surface area contributed by atoms with E-state index in [1.54, 1.807) is 0 Å². The Hall–Kier alpha value is 3.08. The fourth-order valence-corrected chi connectivity index (χ4v) is 0. The first-order valence-corrected chi connectivity index (χ1v) is 0. The Morgan fingerprint density at radius 1 is 0.400 bits per heavy atom. The first-order valence-electron chi connectivity index (χ1n) is 0. The van der Waals surface area contributed by atoms with Crippen molar-refractivity contribution in [3.05, 3.63) is 0 Å². The maximum absolute atomic E-state index is 0. The maximum atomic E-state index is 0. The zero-order valence-electron chi connectivity index (χ0n) is 2.36. The van der Waals surface area contributed by atoms with Crippen LogP contribution in [0.2, 0.25) is 0 Å². The summed E-state index contributed by atoms with van der Waals surface area (Å²) in [4.78, 5) is 0. The van der Waals surface area contributed by atoms with Crippen molar-refractivity contribution in [2.75, 3.05) is 0 Å². The fraction of sp³-hybridized carbons (Fsp3) is 0. The zero-order chi connectivity index (χ0) is 0. The van der Waals surface area contributed by atoms with Gasteiger partial charge in [-0.1, -0.05) is 0 Å². The van der Waals surface area contributed by atoms with Crippen molar-refractivity contribution < 1.29 is 49.5 Å². The van der Waals surface area contributed by atoms with Crippen LogP contribution in [0.3, 0.4) is 0 Å². The van der Waals surface area contributed by atoms with Gasteiger partial charge in [-0.25, -0.2) is 0 Å². The summed E-state index contributed by atoms with van der Waals surface area (Å²) < 4.78 is 0. The predicted octanol–water partition coefficient (Wildman–Crippen LogP) is -1.84. The molecule has 0 atom stereocenters. The number of hydrogen-bond acceptors (Lipinski definition) is 0. The molecule has 0 aliphatic heterocycles. The van der Waals surface area contributed by atoms with E-state index in [4.69, 9.17) is 0 Å². The molecule has 5 heavy (non-hydrogen) atoms. The predicted molar refractivity (Wildman–Crippen MR) is 17.1 cm³/mol. The Kier molecular flexibility index (Phi) is 236. The van der Waals surface area contributed by atoms with Crippen LogP contribution in [-0.4, -0.2) is 47.8 Å². The Bertz CT molecular complexity index is 4.85. The van der Waals surface area contributed by atoms with Crippen molar-refractivity contribution in [2.45, 2.75) is 0 Å². The molecular weight excluding hydrogens is 414 g/mol. The molecule has 0 bridgehead atoms. The molecule has 42 valence electrons. The van der Waals surface area contributed by atoms with Crippen LogP contribution in [0.4, 0.5) is 0 Å². The third kappa shape index (κ3) is 19.3. The molecule has 0 unspecified atom stereocenters. The van der Waals surface area contributed by atoms with Crippen LogP contribution in [0.5, 0.6) is 0 Å². The van der Waals surface area contributed by atoms with Crippen LogP contribution in [-0.2, 0) is 49.5 Å². The molecule has 0 heterocycles. The van der Waals surface area contributed by atoms with E-state index in [0.29, 0.717) is 0 Å². The average molecular weight is 418 g/mol. The summed E-state index contributed by atoms with van der Waals surface area (Å²) in [6.07, 6.45) is 0. The van der Waals surface area contributed by atoms with Crippen molar-refractivity contribution in [2.24, 2.45) is 0 Å². The van der Waals surface area contributed by atoms with Gasteiger partial charge in [-0.2, -0.15) is 0 Å². The van der Waals surface area contributed by atoms with Gasteiger partial charge in [0, 0.05) is 49.5 Å². The Morgan fingerprint density at radius 2 is 0.400 bits per heavy atom. The van der Waals surface area contributed by atoms with Crippen LogP contribution >= 0.6 is 0 Å². The van der Waals surface area contributed by atoms with Gasteiger partial charge >= 0.3 is 47.8 Å². The number of hydrogen-bond donors (Lipinski definition) is 0. The Morgan fingerprint density at radius 3 is 0.400 bits per heavy atom. The SMILES string of the molecule is [Ni].[Ni].[Ni].[SnH2].[SnH2]. The van der Waals surface area contributed by atoms with Gasteiger partial charge in [0.05, 0.1) is 0 Å². The van der Waals surface area contributed by atoms with Gasteiger partial charge < -0.3 is 0 Å². The molecular formula is H4Ni3Sn2. The van der Waals surface area contributed by atoms with Crippen molar-refractivity contribution in [1.29, 1.82) is 0 Å². The zero-order valence-corrected chi connectivity index (χ0v) is 13.4. The van der Waals surface area contributed by atoms with Gasteiger partial charge in [0.25, 0.3) is 0 Å². The van der Waals surface area contributed by atoms with Gasteiger partial charge in [-0.15, -0.1) is 0 Å². The van der Waals surface area contributed by atoms with E-state index in [2.05, 4.69) is 0 Å². The summed E-state index contributed by atoms with van der Waals surface area (Å²) in [5.41, 5.74) is 0. The average Bonchev–Trinajstić information content (AvgIpc) is 0. The van der Waals surface area contributed by atoms with Crippen LogP contribution in [0.25, 0.3) is 0 Å². The molecule has 5 heteroatoms. The molecule has 0 N–H and O–H groups in total. The van der Waals surface area contributed by atoms with Crippen molar-refractivity contribution in [3.63, 3.8) is 0 Å². The van der Waals surface area contributed by atoms with E-state index >= 15 is 0 Å². The molecule has 0 aliphatic rings. The minimum atomic E-state index is 0. The second-order valence-corrected chi connectivity index (χ2v) is 0. The molecule has 0 nitrogen and oxygen atoms in total. The Balaban J connectivity index is 0. The summed E-state index contributed by atoms with van der Waals surface area (Å²) in [6, 6.07) is 0. The van der Waals surface area contributed by atoms with Gasteiger partial charge in [0.2, 0.25) is 0 Å². The van der Waals surface area contributed by atoms with Crippen molar-refractivity contribution in [1.82, 2.24) is 0 Å². The van der Waals surface area contributed by atoms with Gasteiger partial charge in [-0.3, -0.25) is 0 Å². The standard InChI is InChI=1S/3Ni.2Sn.4H. The normalized spacial score (nSPS) is 0. The molecule has 0 saturated heterocycles. The summed E-state index contributed by atoms with van der Waals surface area (Å²) in [5, 5.41) is 0. The molecule has 4 radical (unpaired) electrons. The molecule has 0 spiro atoms. The first kappa shape index (κ1) is 42.7. The van der Waals surface area contributed by atoms with E-state index in [-0.39, 0.29) is 97.3 Å². The third-order valence-electron chi connectivity index (χ3n) is 0. The molecule has 0 saturated carbocycles.